The zero-order valence-electron chi connectivity index (χ0n) is 6.14. The first-order valence-electron chi connectivity index (χ1n) is 3.15. The first-order valence-corrected chi connectivity index (χ1v) is 3.56. The second-order valence-corrected chi connectivity index (χ2v) is 2.50. The Morgan fingerprint density at radius 3 is 2.50 bits per heavy atom. The van der Waals surface area contributed by atoms with E-state index >= 15 is 0 Å². The van der Waals surface area contributed by atoms with Gasteiger partial charge in [0, 0.05) is 0 Å². The van der Waals surface area contributed by atoms with E-state index in [4.69, 9.17) is 4.43 Å². The second kappa shape index (κ2) is 2.88. The summed E-state index contributed by atoms with van der Waals surface area (Å²) in [5.74, 6) is 0.886. The van der Waals surface area contributed by atoms with Crippen LogP contribution in [0.4, 0.5) is 0 Å². The lowest BCUT2D eigenvalue weighted by atomic mass is 10.1. The molecule has 0 aliphatic rings. The fourth-order valence-corrected chi connectivity index (χ4v) is 1.06. The minimum atomic E-state index is 0.886. The van der Waals surface area contributed by atoms with Gasteiger partial charge < -0.3 is 4.43 Å². The SMILES string of the molecule is Cc1cccc(O[Si])c1C. The Labute approximate surface area is 64.6 Å². The van der Waals surface area contributed by atoms with Crippen LogP contribution in [0.3, 0.4) is 0 Å². The van der Waals surface area contributed by atoms with Crippen molar-refractivity contribution in [2.45, 2.75) is 13.8 Å². The maximum Gasteiger partial charge on any atom is 0.341 e. The van der Waals surface area contributed by atoms with Gasteiger partial charge in [0.05, 0.1) is 0 Å². The van der Waals surface area contributed by atoms with Crippen molar-refractivity contribution in [1.29, 1.82) is 0 Å². The van der Waals surface area contributed by atoms with Crippen LogP contribution < -0.4 is 4.43 Å². The Balaban J connectivity index is 3.14. The van der Waals surface area contributed by atoms with Crippen LogP contribution in [0.25, 0.3) is 0 Å². The largest absolute Gasteiger partial charge is 0.540 e. The van der Waals surface area contributed by atoms with Crippen LogP contribution in [0.5, 0.6) is 5.75 Å². The fourth-order valence-electron chi connectivity index (χ4n) is 0.835. The molecule has 0 aliphatic carbocycles. The van der Waals surface area contributed by atoms with Crippen molar-refractivity contribution in [3.63, 3.8) is 0 Å². The van der Waals surface area contributed by atoms with E-state index in [9.17, 15) is 0 Å². The molecule has 51 valence electrons. The molecule has 0 spiro atoms. The monoisotopic (exact) mass is 149 g/mol. The number of hydrogen-bond acceptors (Lipinski definition) is 1. The molecule has 0 heterocycles. The van der Waals surface area contributed by atoms with Crippen molar-refractivity contribution < 1.29 is 4.43 Å². The summed E-state index contributed by atoms with van der Waals surface area (Å²) in [5, 5.41) is 0. The van der Waals surface area contributed by atoms with E-state index in [0.717, 1.165) is 5.75 Å². The third-order valence-electron chi connectivity index (χ3n) is 1.66. The highest BCUT2D eigenvalue weighted by molar-refractivity contribution is 6.00. The summed E-state index contributed by atoms with van der Waals surface area (Å²) in [6, 6.07) is 5.96. The standard InChI is InChI=1S/C8H9OSi/c1-6-4-3-5-8(9-10)7(6)2/h3-5H,1-2H3. The van der Waals surface area contributed by atoms with Gasteiger partial charge in [0.25, 0.3) is 0 Å². The van der Waals surface area contributed by atoms with Crippen LogP contribution in [-0.4, -0.2) is 10.5 Å². The lowest BCUT2D eigenvalue weighted by Crippen LogP contribution is -1.89. The van der Waals surface area contributed by atoms with Crippen LogP contribution in [0.1, 0.15) is 11.1 Å². The first kappa shape index (κ1) is 7.35. The highest BCUT2D eigenvalue weighted by atomic mass is 28.2. The van der Waals surface area contributed by atoms with Gasteiger partial charge in [0.2, 0.25) is 0 Å². The molecule has 1 aromatic carbocycles. The Morgan fingerprint density at radius 2 is 2.00 bits per heavy atom. The van der Waals surface area contributed by atoms with Crippen molar-refractivity contribution in [2.24, 2.45) is 0 Å². The minimum Gasteiger partial charge on any atom is -0.540 e. The number of hydrogen-bond donors (Lipinski definition) is 0. The zero-order valence-corrected chi connectivity index (χ0v) is 7.14. The number of aryl methyl sites for hydroxylation is 1. The van der Waals surface area contributed by atoms with Gasteiger partial charge in [-0.05, 0) is 31.0 Å². The summed E-state index contributed by atoms with van der Waals surface area (Å²) < 4.78 is 4.93. The summed E-state index contributed by atoms with van der Waals surface area (Å²) in [5.41, 5.74) is 2.42. The summed E-state index contributed by atoms with van der Waals surface area (Å²) >= 11 is 0. The zero-order chi connectivity index (χ0) is 7.56. The predicted octanol–water partition coefficient (Wildman–Crippen LogP) is 1.77. The number of benzene rings is 1. The lowest BCUT2D eigenvalue weighted by molar-refractivity contribution is 0.609. The van der Waals surface area contributed by atoms with Gasteiger partial charge in [-0.1, -0.05) is 12.1 Å². The molecule has 0 N–H and O–H groups in total. The average molecular weight is 149 g/mol. The molecule has 3 radical (unpaired) electrons. The first-order chi connectivity index (χ1) is 4.75. The maximum atomic E-state index is 4.93. The summed E-state index contributed by atoms with van der Waals surface area (Å²) in [7, 11) is 2.99. The molecule has 0 fully saturated rings. The summed E-state index contributed by atoms with van der Waals surface area (Å²) in [6.07, 6.45) is 0. The Hall–Kier alpha value is -0.763. The smallest absolute Gasteiger partial charge is 0.341 e. The third-order valence-corrected chi connectivity index (χ3v) is 1.88. The van der Waals surface area contributed by atoms with Crippen LogP contribution in [0, 0.1) is 13.8 Å². The van der Waals surface area contributed by atoms with Crippen LogP contribution in [-0.2, 0) is 0 Å². The van der Waals surface area contributed by atoms with Crippen molar-refractivity contribution in [3.05, 3.63) is 29.3 Å². The fraction of sp³-hybridized carbons (Fsp3) is 0.250. The molecular weight excluding hydrogens is 140 g/mol. The van der Waals surface area contributed by atoms with Crippen LogP contribution in [0.15, 0.2) is 18.2 Å². The van der Waals surface area contributed by atoms with E-state index in [1.165, 1.54) is 11.1 Å². The molecule has 1 aromatic rings. The van der Waals surface area contributed by atoms with Gasteiger partial charge in [-0.3, -0.25) is 0 Å². The molecule has 0 saturated carbocycles. The Kier molecular flexibility index (Phi) is 2.12. The third kappa shape index (κ3) is 1.21. The molecular formula is C8H9OSi. The van der Waals surface area contributed by atoms with Gasteiger partial charge in [-0.15, -0.1) is 0 Å². The van der Waals surface area contributed by atoms with E-state index in [-0.39, 0.29) is 0 Å². The molecule has 0 saturated heterocycles. The highest BCUT2D eigenvalue weighted by Crippen LogP contribution is 2.19. The van der Waals surface area contributed by atoms with Gasteiger partial charge in [0.1, 0.15) is 5.75 Å². The molecule has 10 heavy (non-hydrogen) atoms. The molecule has 1 nitrogen and oxygen atoms in total. The molecule has 0 aliphatic heterocycles. The van der Waals surface area contributed by atoms with E-state index in [2.05, 4.69) is 23.5 Å². The van der Waals surface area contributed by atoms with E-state index < -0.39 is 0 Å². The molecule has 0 unspecified atom stereocenters. The Bertz CT molecular complexity index is 233. The summed E-state index contributed by atoms with van der Waals surface area (Å²) in [6.45, 7) is 4.09. The molecule has 0 bridgehead atoms. The molecule has 1 rings (SSSR count). The molecule has 2 heteroatoms. The van der Waals surface area contributed by atoms with Crippen molar-refractivity contribution in [1.82, 2.24) is 0 Å². The van der Waals surface area contributed by atoms with Gasteiger partial charge in [-0.2, -0.15) is 0 Å². The van der Waals surface area contributed by atoms with Crippen molar-refractivity contribution >= 4 is 10.5 Å². The second-order valence-electron chi connectivity index (χ2n) is 2.30. The predicted molar refractivity (Wildman–Crippen MR) is 42.3 cm³/mol. The van der Waals surface area contributed by atoms with Crippen LogP contribution >= 0.6 is 0 Å². The van der Waals surface area contributed by atoms with Crippen molar-refractivity contribution in [3.8, 4) is 5.75 Å². The van der Waals surface area contributed by atoms with Gasteiger partial charge in [0.15, 0.2) is 0 Å². The molecule has 0 amide bonds. The van der Waals surface area contributed by atoms with E-state index in [1.54, 1.807) is 0 Å². The quantitative estimate of drug-likeness (QED) is 0.553. The Morgan fingerprint density at radius 1 is 1.30 bits per heavy atom. The average Bonchev–Trinajstić information content (AvgIpc) is 1.95. The van der Waals surface area contributed by atoms with Gasteiger partial charge >= 0.3 is 10.5 Å². The van der Waals surface area contributed by atoms with E-state index in [0.29, 0.717) is 0 Å². The van der Waals surface area contributed by atoms with E-state index in [1.807, 2.05) is 19.1 Å². The van der Waals surface area contributed by atoms with Crippen molar-refractivity contribution in [2.75, 3.05) is 0 Å². The topological polar surface area (TPSA) is 9.23 Å². The highest BCUT2D eigenvalue weighted by Gasteiger charge is 1.97. The molecule has 0 atom stereocenters. The lowest BCUT2D eigenvalue weighted by Gasteiger charge is -2.05. The van der Waals surface area contributed by atoms with Gasteiger partial charge in [-0.25, -0.2) is 0 Å². The maximum absolute atomic E-state index is 4.93. The normalized spacial score (nSPS) is 9.50. The molecule has 0 aromatic heterocycles. The van der Waals surface area contributed by atoms with Crippen LogP contribution in [0.2, 0.25) is 0 Å². The summed E-state index contributed by atoms with van der Waals surface area (Å²) in [4.78, 5) is 0. The minimum absolute atomic E-state index is 0.886. The number of rotatable bonds is 1.